The van der Waals surface area contributed by atoms with Crippen LogP contribution in [0.25, 0.3) is 0 Å². The van der Waals surface area contributed by atoms with Gasteiger partial charge in [-0.05, 0) is 12.5 Å². The standard InChI is InChI=1S/C13H20N2O4S/c1-14(7-4-9-16)20(17,18)15-8-10-19-13-6-3-2-5-12(13)11-15/h2-3,5-6,16H,4,7-11H2,1H3. The summed E-state index contributed by atoms with van der Waals surface area (Å²) in [6, 6.07) is 7.46. The summed E-state index contributed by atoms with van der Waals surface area (Å²) in [6.45, 7) is 1.25. The molecule has 0 amide bonds. The summed E-state index contributed by atoms with van der Waals surface area (Å²) in [4.78, 5) is 0. The summed E-state index contributed by atoms with van der Waals surface area (Å²) < 4.78 is 33.2. The number of benzene rings is 1. The Labute approximate surface area is 119 Å². The Kier molecular flexibility index (Phi) is 4.98. The first kappa shape index (κ1) is 15.2. The molecule has 1 heterocycles. The number of hydrogen-bond acceptors (Lipinski definition) is 4. The van der Waals surface area contributed by atoms with E-state index in [4.69, 9.17) is 9.84 Å². The molecule has 0 bridgehead atoms. The van der Waals surface area contributed by atoms with E-state index in [1.165, 1.54) is 15.7 Å². The Hall–Kier alpha value is -1.15. The van der Waals surface area contributed by atoms with Crippen molar-refractivity contribution in [2.75, 3.05) is 33.4 Å². The SMILES string of the molecule is CN(CCCO)S(=O)(=O)N1CCOc2ccccc2C1. The zero-order valence-electron chi connectivity index (χ0n) is 11.5. The fraction of sp³-hybridized carbons (Fsp3) is 0.538. The van der Waals surface area contributed by atoms with Gasteiger partial charge in [0.15, 0.2) is 0 Å². The number of hydrogen-bond donors (Lipinski definition) is 1. The Morgan fingerprint density at radius 2 is 2.15 bits per heavy atom. The Balaban J connectivity index is 2.16. The van der Waals surface area contributed by atoms with E-state index < -0.39 is 10.2 Å². The molecule has 1 N–H and O–H groups in total. The zero-order chi connectivity index (χ0) is 14.6. The summed E-state index contributed by atoms with van der Waals surface area (Å²) in [7, 11) is -1.99. The highest BCUT2D eigenvalue weighted by molar-refractivity contribution is 7.86. The van der Waals surface area contributed by atoms with E-state index in [9.17, 15) is 8.42 Å². The summed E-state index contributed by atoms with van der Waals surface area (Å²) in [5, 5.41) is 8.81. The molecule has 2 rings (SSSR count). The molecule has 1 aliphatic rings. The number of para-hydroxylation sites is 1. The average Bonchev–Trinajstić information content (AvgIpc) is 2.67. The summed E-state index contributed by atoms with van der Waals surface area (Å²) >= 11 is 0. The number of nitrogens with zero attached hydrogens (tertiary/aromatic N) is 2. The second-order valence-electron chi connectivity index (χ2n) is 4.70. The molecule has 0 aromatic heterocycles. The maximum Gasteiger partial charge on any atom is 0.282 e. The summed E-state index contributed by atoms with van der Waals surface area (Å²) in [5.74, 6) is 0.739. The van der Waals surface area contributed by atoms with Crippen molar-refractivity contribution in [3.8, 4) is 5.75 Å². The first-order valence-electron chi connectivity index (χ1n) is 6.58. The number of fused-ring (bicyclic) bond motifs is 1. The van der Waals surface area contributed by atoms with Crippen LogP contribution in [0.1, 0.15) is 12.0 Å². The largest absolute Gasteiger partial charge is 0.492 e. The molecule has 7 heteroatoms. The Morgan fingerprint density at radius 1 is 1.40 bits per heavy atom. The highest BCUT2D eigenvalue weighted by Crippen LogP contribution is 2.24. The molecule has 0 aliphatic carbocycles. The van der Waals surface area contributed by atoms with Gasteiger partial charge in [-0.15, -0.1) is 0 Å². The molecule has 1 aliphatic heterocycles. The summed E-state index contributed by atoms with van der Waals surface area (Å²) in [6.07, 6.45) is 0.427. The van der Waals surface area contributed by atoms with Gasteiger partial charge in [0.05, 0.1) is 0 Å². The minimum atomic E-state index is -3.52. The Morgan fingerprint density at radius 3 is 2.90 bits per heavy atom. The van der Waals surface area contributed by atoms with Crippen molar-refractivity contribution in [3.05, 3.63) is 29.8 Å². The first-order valence-corrected chi connectivity index (χ1v) is 7.98. The zero-order valence-corrected chi connectivity index (χ0v) is 12.3. The highest BCUT2D eigenvalue weighted by atomic mass is 32.2. The van der Waals surface area contributed by atoms with Crippen LogP contribution in [0.5, 0.6) is 5.75 Å². The van der Waals surface area contributed by atoms with Gasteiger partial charge in [-0.3, -0.25) is 0 Å². The van der Waals surface area contributed by atoms with Gasteiger partial charge in [-0.25, -0.2) is 0 Å². The van der Waals surface area contributed by atoms with Crippen molar-refractivity contribution in [2.24, 2.45) is 0 Å². The van der Waals surface area contributed by atoms with E-state index in [1.54, 1.807) is 0 Å². The molecule has 0 fully saturated rings. The maximum atomic E-state index is 12.5. The lowest BCUT2D eigenvalue weighted by atomic mass is 10.2. The monoisotopic (exact) mass is 300 g/mol. The Bertz CT molecular complexity index is 547. The fourth-order valence-corrected chi connectivity index (χ4v) is 3.47. The summed E-state index contributed by atoms with van der Waals surface area (Å²) in [5.41, 5.74) is 0.865. The number of aliphatic hydroxyl groups excluding tert-OH is 1. The lowest BCUT2D eigenvalue weighted by molar-refractivity contribution is 0.264. The van der Waals surface area contributed by atoms with Gasteiger partial charge in [-0.1, -0.05) is 18.2 Å². The number of rotatable bonds is 5. The van der Waals surface area contributed by atoms with E-state index >= 15 is 0 Å². The molecular weight excluding hydrogens is 280 g/mol. The van der Waals surface area contributed by atoms with Crippen LogP contribution >= 0.6 is 0 Å². The van der Waals surface area contributed by atoms with Crippen molar-refractivity contribution in [1.82, 2.24) is 8.61 Å². The van der Waals surface area contributed by atoms with E-state index in [2.05, 4.69) is 0 Å². The first-order chi connectivity index (χ1) is 9.55. The van der Waals surface area contributed by atoms with Gasteiger partial charge < -0.3 is 9.84 Å². The van der Waals surface area contributed by atoms with Gasteiger partial charge >= 0.3 is 0 Å². The van der Waals surface area contributed by atoms with E-state index in [1.807, 2.05) is 24.3 Å². The third kappa shape index (κ3) is 3.29. The van der Waals surface area contributed by atoms with Gasteiger partial charge in [0.2, 0.25) is 0 Å². The molecule has 20 heavy (non-hydrogen) atoms. The minimum Gasteiger partial charge on any atom is -0.492 e. The predicted octanol–water partition coefficient (Wildman–Crippen LogP) is 0.440. The van der Waals surface area contributed by atoms with Crippen LogP contribution in [0, 0.1) is 0 Å². The van der Waals surface area contributed by atoms with Crippen LogP contribution in [-0.4, -0.2) is 55.5 Å². The van der Waals surface area contributed by atoms with Crippen LogP contribution in [0.3, 0.4) is 0 Å². The van der Waals surface area contributed by atoms with Gasteiger partial charge in [0.25, 0.3) is 10.2 Å². The lowest BCUT2D eigenvalue weighted by Crippen LogP contribution is -2.43. The number of ether oxygens (including phenoxy) is 1. The minimum absolute atomic E-state index is 0.0220. The highest BCUT2D eigenvalue weighted by Gasteiger charge is 2.29. The van der Waals surface area contributed by atoms with Crippen LogP contribution in [0.2, 0.25) is 0 Å². The van der Waals surface area contributed by atoms with Gasteiger partial charge in [0.1, 0.15) is 12.4 Å². The van der Waals surface area contributed by atoms with E-state index in [-0.39, 0.29) is 6.61 Å². The van der Waals surface area contributed by atoms with Gasteiger partial charge in [-0.2, -0.15) is 17.0 Å². The lowest BCUT2D eigenvalue weighted by Gasteiger charge is -2.25. The third-order valence-electron chi connectivity index (χ3n) is 3.27. The van der Waals surface area contributed by atoms with Gasteiger partial charge in [0, 0.05) is 38.9 Å². The molecule has 1 aromatic rings. The fourth-order valence-electron chi connectivity index (χ4n) is 2.10. The average molecular weight is 300 g/mol. The molecule has 0 saturated heterocycles. The molecule has 6 nitrogen and oxygen atoms in total. The normalized spacial score (nSPS) is 16.6. The molecular formula is C13H20N2O4S. The van der Waals surface area contributed by atoms with Crippen LogP contribution in [0.4, 0.5) is 0 Å². The molecule has 0 saturated carbocycles. The van der Waals surface area contributed by atoms with Crippen LogP contribution in [-0.2, 0) is 16.8 Å². The van der Waals surface area contributed by atoms with Crippen molar-refractivity contribution < 1.29 is 18.3 Å². The topological polar surface area (TPSA) is 70.1 Å². The smallest absolute Gasteiger partial charge is 0.282 e. The van der Waals surface area contributed by atoms with E-state index in [0.29, 0.717) is 32.7 Å². The van der Waals surface area contributed by atoms with Crippen molar-refractivity contribution >= 4 is 10.2 Å². The molecule has 0 atom stereocenters. The van der Waals surface area contributed by atoms with Crippen LogP contribution in [0.15, 0.2) is 24.3 Å². The van der Waals surface area contributed by atoms with Crippen molar-refractivity contribution in [3.63, 3.8) is 0 Å². The van der Waals surface area contributed by atoms with Crippen LogP contribution < -0.4 is 4.74 Å². The molecule has 0 radical (unpaired) electrons. The predicted molar refractivity (Wildman–Crippen MR) is 75.6 cm³/mol. The second kappa shape index (κ2) is 6.53. The van der Waals surface area contributed by atoms with E-state index in [0.717, 1.165) is 11.3 Å². The van der Waals surface area contributed by atoms with Crippen molar-refractivity contribution in [2.45, 2.75) is 13.0 Å². The quantitative estimate of drug-likeness (QED) is 0.856. The van der Waals surface area contributed by atoms with Crippen molar-refractivity contribution in [1.29, 1.82) is 0 Å². The molecule has 0 spiro atoms. The molecule has 1 aromatic carbocycles. The second-order valence-corrected chi connectivity index (χ2v) is 6.73. The molecule has 0 unspecified atom stereocenters. The number of aliphatic hydroxyl groups is 1. The maximum absolute atomic E-state index is 12.5. The third-order valence-corrected chi connectivity index (χ3v) is 5.20. The molecule has 112 valence electrons.